The lowest BCUT2D eigenvalue weighted by Gasteiger charge is -1.99. The van der Waals surface area contributed by atoms with Crippen molar-refractivity contribution in [3.63, 3.8) is 0 Å². The van der Waals surface area contributed by atoms with E-state index in [1.807, 2.05) is 6.92 Å². The quantitative estimate of drug-likeness (QED) is 0.884. The van der Waals surface area contributed by atoms with Gasteiger partial charge < -0.3 is 10.3 Å². The van der Waals surface area contributed by atoms with Crippen LogP contribution in [0.25, 0.3) is 11.3 Å². The predicted octanol–water partition coefficient (Wildman–Crippen LogP) is 2.14. The Kier molecular flexibility index (Phi) is 2.91. The van der Waals surface area contributed by atoms with Crippen LogP contribution in [0.1, 0.15) is 23.0 Å². The predicted molar refractivity (Wildman–Crippen MR) is 59.8 cm³/mol. The Hall–Kier alpha value is -2.17. The third-order valence-electron chi connectivity index (χ3n) is 2.45. The van der Waals surface area contributed by atoms with Crippen LogP contribution >= 0.6 is 0 Å². The van der Waals surface area contributed by atoms with Crippen LogP contribution in [0.4, 0.5) is 4.39 Å². The highest BCUT2D eigenvalue weighted by molar-refractivity contribution is 5.99. The number of carbonyl (C=O) groups is 1. The summed E-state index contributed by atoms with van der Waals surface area (Å²) >= 11 is 0. The third kappa shape index (κ3) is 2.04. The number of hydrogen-bond donors (Lipinski definition) is 1. The molecule has 2 aromatic rings. The second kappa shape index (κ2) is 4.37. The molecule has 0 aliphatic rings. The smallest absolute Gasteiger partial charge is 0.254 e. The molecule has 2 N–H and O–H groups in total. The van der Waals surface area contributed by atoms with Crippen molar-refractivity contribution in [1.82, 2.24) is 5.16 Å². The molecule has 0 fully saturated rings. The summed E-state index contributed by atoms with van der Waals surface area (Å²) in [5, 5.41) is 3.81. The van der Waals surface area contributed by atoms with E-state index in [9.17, 15) is 9.18 Å². The van der Waals surface area contributed by atoms with Crippen molar-refractivity contribution < 1.29 is 13.7 Å². The van der Waals surface area contributed by atoms with E-state index < -0.39 is 5.91 Å². The van der Waals surface area contributed by atoms with E-state index in [2.05, 4.69) is 5.16 Å². The van der Waals surface area contributed by atoms with Gasteiger partial charge in [0.15, 0.2) is 0 Å². The lowest BCUT2D eigenvalue weighted by Crippen LogP contribution is -2.13. The van der Waals surface area contributed by atoms with Gasteiger partial charge in [-0.3, -0.25) is 4.79 Å². The van der Waals surface area contributed by atoms with E-state index in [4.69, 9.17) is 10.3 Å². The van der Waals surface area contributed by atoms with Crippen LogP contribution in [0.15, 0.2) is 28.8 Å². The summed E-state index contributed by atoms with van der Waals surface area (Å²) in [4.78, 5) is 11.4. The maximum atomic E-state index is 12.8. The molecule has 2 rings (SSSR count). The number of amides is 1. The number of benzene rings is 1. The molecule has 0 unspecified atom stereocenters. The van der Waals surface area contributed by atoms with E-state index in [1.165, 1.54) is 24.3 Å². The number of hydrogen-bond acceptors (Lipinski definition) is 3. The van der Waals surface area contributed by atoms with Crippen LogP contribution in [0.5, 0.6) is 0 Å². The number of rotatable bonds is 3. The van der Waals surface area contributed by atoms with Crippen molar-refractivity contribution in [3.8, 4) is 11.3 Å². The van der Waals surface area contributed by atoms with Crippen LogP contribution < -0.4 is 5.73 Å². The van der Waals surface area contributed by atoms with Crippen LogP contribution in [0, 0.1) is 5.82 Å². The molecule has 1 aromatic carbocycles. The SMILES string of the molecule is CCc1onc(-c2ccc(F)cc2)c1C(N)=O. The number of aryl methyl sites for hydroxylation is 1. The first-order valence-corrected chi connectivity index (χ1v) is 5.17. The van der Waals surface area contributed by atoms with Gasteiger partial charge in [0.2, 0.25) is 0 Å². The zero-order valence-electron chi connectivity index (χ0n) is 9.24. The first-order chi connectivity index (χ1) is 8.13. The molecule has 4 nitrogen and oxygen atoms in total. The molecule has 0 aliphatic carbocycles. The molecular weight excluding hydrogens is 223 g/mol. The van der Waals surface area contributed by atoms with Gasteiger partial charge in [0, 0.05) is 12.0 Å². The van der Waals surface area contributed by atoms with E-state index in [-0.39, 0.29) is 11.4 Å². The van der Waals surface area contributed by atoms with Crippen molar-refractivity contribution in [1.29, 1.82) is 0 Å². The van der Waals surface area contributed by atoms with Crippen LogP contribution in [-0.4, -0.2) is 11.1 Å². The summed E-state index contributed by atoms with van der Waals surface area (Å²) in [5.41, 5.74) is 6.51. The monoisotopic (exact) mass is 234 g/mol. The Morgan fingerprint density at radius 3 is 2.59 bits per heavy atom. The van der Waals surface area contributed by atoms with Crippen LogP contribution in [0.2, 0.25) is 0 Å². The van der Waals surface area contributed by atoms with Crippen molar-refractivity contribution >= 4 is 5.91 Å². The molecule has 1 amide bonds. The summed E-state index contributed by atoms with van der Waals surface area (Å²) in [5.74, 6) is -0.507. The van der Waals surface area contributed by atoms with Crippen molar-refractivity contribution in [2.75, 3.05) is 0 Å². The lowest BCUT2D eigenvalue weighted by molar-refractivity contribution is 0.0999. The van der Waals surface area contributed by atoms with Crippen molar-refractivity contribution in [2.24, 2.45) is 5.73 Å². The molecular formula is C12H11FN2O2. The Labute approximate surface area is 97.2 Å². The maximum Gasteiger partial charge on any atom is 0.254 e. The fraction of sp³-hybridized carbons (Fsp3) is 0.167. The summed E-state index contributed by atoms with van der Waals surface area (Å²) in [6.45, 7) is 1.83. The number of halogens is 1. The second-order valence-corrected chi connectivity index (χ2v) is 3.55. The molecule has 0 bridgehead atoms. The van der Waals surface area contributed by atoms with E-state index in [0.717, 1.165) is 0 Å². The number of nitrogens with two attached hydrogens (primary N) is 1. The van der Waals surface area contributed by atoms with Crippen molar-refractivity contribution in [3.05, 3.63) is 41.4 Å². The first-order valence-electron chi connectivity index (χ1n) is 5.17. The van der Waals surface area contributed by atoms with Crippen molar-refractivity contribution in [2.45, 2.75) is 13.3 Å². The highest BCUT2D eigenvalue weighted by Gasteiger charge is 2.20. The van der Waals surface area contributed by atoms with E-state index >= 15 is 0 Å². The molecule has 0 aliphatic heterocycles. The second-order valence-electron chi connectivity index (χ2n) is 3.55. The maximum absolute atomic E-state index is 12.8. The summed E-state index contributed by atoms with van der Waals surface area (Å²) in [6, 6.07) is 5.64. The van der Waals surface area contributed by atoms with Gasteiger partial charge in [-0.1, -0.05) is 12.1 Å². The van der Waals surface area contributed by atoms with Crippen LogP contribution in [0.3, 0.4) is 0 Å². The largest absolute Gasteiger partial charge is 0.365 e. The molecule has 5 heteroatoms. The molecule has 17 heavy (non-hydrogen) atoms. The summed E-state index contributed by atoms with van der Waals surface area (Å²) in [6.07, 6.45) is 0.520. The van der Waals surface area contributed by atoms with Gasteiger partial charge in [0.1, 0.15) is 22.8 Å². The zero-order chi connectivity index (χ0) is 12.4. The molecule has 0 atom stereocenters. The minimum absolute atomic E-state index is 0.263. The Bertz CT molecular complexity index is 546. The summed E-state index contributed by atoms with van der Waals surface area (Å²) in [7, 11) is 0. The summed E-state index contributed by atoms with van der Waals surface area (Å²) < 4.78 is 17.8. The molecule has 88 valence electrons. The standard InChI is InChI=1S/C12H11FN2O2/c1-2-9-10(12(14)16)11(15-17-9)7-3-5-8(13)6-4-7/h3-6H,2H2,1H3,(H2,14,16). The van der Waals surface area contributed by atoms with E-state index in [1.54, 1.807) is 0 Å². The van der Waals surface area contributed by atoms with E-state index in [0.29, 0.717) is 23.4 Å². The average Bonchev–Trinajstić information content (AvgIpc) is 2.73. The third-order valence-corrected chi connectivity index (χ3v) is 2.45. The van der Waals surface area contributed by atoms with Gasteiger partial charge >= 0.3 is 0 Å². The zero-order valence-corrected chi connectivity index (χ0v) is 9.24. The molecule has 0 spiro atoms. The number of carbonyl (C=O) groups excluding carboxylic acids is 1. The van der Waals surface area contributed by atoms with Gasteiger partial charge in [-0.25, -0.2) is 4.39 Å². The lowest BCUT2D eigenvalue weighted by atomic mass is 10.0. The van der Waals surface area contributed by atoms with Gasteiger partial charge in [-0.2, -0.15) is 0 Å². The Balaban J connectivity index is 2.55. The number of primary amides is 1. The normalized spacial score (nSPS) is 10.5. The Morgan fingerprint density at radius 2 is 2.06 bits per heavy atom. The molecule has 0 saturated heterocycles. The number of aromatic nitrogens is 1. The number of nitrogens with zero attached hydrogens (tertiary/aromatic N) is 1. The first kappa shape index (κ1) is 11.3. The Morgan fingerprint density at radius 1 is 1.41 bits per heavy atom. The fourth-order valence-corrected chi connectivity index (χ4v) is 1.62. The molecule has 0 saturated carbocycles. The van der Waals surface area contributed by atoms with Gasteiger partial charge in [-0.05, 0) is 24.3 Å². The average molecular weight is 234 g/mol. The fourth-order valence-electron chi connectivity index (χ4n) is 1.62. The highest BCUT2D eigenvalue weighted by Crippen LogP contribution is 2.25. The molecule has 0 radical (unpaired) electrons. The van der Waals surface area contributed by atoms with Gasteiger partial charge in [-0.15, -0.1) is 0 Å². The highest BCUT2D eigenvalue weighted by atomic mass is 19.1. The minimum atomic E-state index is -0.595. The van der Waals surface area contributed by atoms with Crippen LogP contribution in [-0.2, 0) is 6.42 Å². The minimum Gasteiger partial charge on any atom is -0.365 e. The molecule has 1 heterocycles. The molecule has 1 aromatic heterocycles. The topological polar surface area (TPSA) is 69.1 Å². The van der Waals surface area contributed by atoms with Gasteiger partial charge in [0.05, 0.1) is 0 Å². The van der Waals surface area contributed by atoms with Gasteiger partial charge in [0.25, 0.3) is 5.91 Å².